The summed E-state index contributed by atoms with van der Waals surface area (Å²) in [7, 11) is 0. The molecule has 0 atom stereocenters. The molecule has 1 saturated carbocycles. The fraction of sp³-hybridized carbons (Fsp3) is 0.765. The molecule has 3 heterocycles. The lowest BCUT2D eigenvalue weighted by molar-refractivity contribution is 0.00931. The van der Waals surface area contributed by atoms with Crippen LogP contribution in [0.25, 0.3) is 0 Å². The molecule has 1 spiro atoms. The molecule has 3 fully saturated rings. The highest BCUT2D eigenvalue weighted by Crippen LogP contribution is 2.31. The van der Waals surface area contributed by atoms with E-state index in [1.807, 2.05) is 0 Å². The van der Waals surface area contributed by atoms with E-state index < -0.39 is 11.8 Å². The second-order valence-corrected chi connectivity index (χ2v) is 7.42. The minimum absolute atomic E-state index is 0.122. The maximum absolute atomic E-state index is 12.5. The van der Waals surface area contributed by atoms with Crippen molar-refractivity contribution >= 4 is 12.2 Å². The number of piperidine rings is 1. The summed E-state index contributed by atoms with van der Waals surface area (Å²) in [6.45, 7) is 1.73. The van der Waals surface area contributed by atoms with E-state index in [0.717, 1.165) is 18.7 Å². The Kier molecular flexibility index (Phi) is 4.69. The van der Waals surface area contributed by atoms with Crippen LogP contribution in [0.3, 0.4) is 0 Å². The summed E-state index contributed by atoms with van der Waals surface area (Å²) in [5.41, 5.74) is -0.547. The minimum Gasteiger partial charge on any atom is -0.430 e. The molecule has 0 aromatic carbocycles. The van der Waals surface area contributed by atoms with Gasteiger partial charge in [-0.05, 0) is 12.8 Å². The number of likely N-dealkylation sites (tertiary alicyclic amines) is 1. The number of hydrogen-bond donors (Lipinski definition) is 1. The molecular weight excluding hydrogens is 338 g/mol. The van der Waals surface area contributed by atoms with Gasteiger partial charge in [-0.3, -0.25) is 0 Å². The first kappa shape index (κ1) is 17.1. The molecule has 2 aliphatic heterocycles. The molecule has 1 N–H and O–H groups in total. The van der Waals surface area contributed by atoms with Gasteiger partial charge in [0, 0.05) is 32.0 Å². The van der Waals surface area contributed by atoms with Crippen molar-refractivity contribution in [1.82, 2.24) is 25.0 Å². The Balaban J connectivity index is 1.28. The SMILES string of the molecule is O=C1OCC2(CCN(C(=O)NCc3nncn3C3CCCCC3)CC2)O1. The van der Waals surface area contributed by atoms with Crippen LogP contribution < -0.4 is 5.32 Å². The lowest BCUT2D eigenvalue weighted by Gasteiger charge is -2.36. The standard InChI is InChI=1S/C17H25N5O4/c23-15(21-8-6-17(7-9-21)11-25-16(24)26-17)18-10-14-20-19-12-22(14)13-4-2-1-3-5-13/h12-13H,1-11H2,(H,18,23). The summed E-state index contributed by atoms with van der Waals surface area (Å²) < 4.78 is 12.3. The van der Waals surface area contributed by atoms with E-state index in [1.165, 1.54) is 19.3 Å². The number of urea groups is 1. The predicted octanol–water partition coefficient (Wildman–Crippen LogP) is 1.99. The summed E-state index contributed by atoms with van der Waals surface area (Å²) >= 11 is 0. The molecule has 0 radical (unpaired) electrons. The summed E-state index contributed by atoms with van der Waals surface area (Å²) in [5.74, 6) is 0.803. The number of hydrogen-bond acceptors (Lipinski definition) is 6. The van der Waals surface area contributed by atoms with Crippen molar-refractivity contribution in [1.29, 1.82) is 0 Å². The van der Waals surface area contributed by atoms with Crippen LogP contribution in [-0.2, 0) is 16.0 Å². The fourth-order valence-electron chi connectivity index (χ4n) is 4.11. The second kappa shape index (κ2) is 7.13. The molecule has 2 saturated heterocycles. The van der Waals surface area contributed by atoms with Gasteiger partial charge in [-0.1, -0.05) is 19.3 Å². The Labute approximate surface area is 152 Å². The lowest BCUT2D eigenvalue weighted by atomic mass is 9.92. The van der Waals surface area contributed by atoms with E-state index in [1.54, 1.807) is 11.2 Å². The third-order valence-electron chi connectivity index (χ3n) is 5.73. The molecule has 26 heavy (non-hydrogen) atoms. The van der Waals surface area contributed by atoms with E-state index in [0.29, 0.717) is 38.5 Å². The third kappa shape index (κ3) is 3.47. The fourth-order valence-corrected chi connectivity index (χ4v) is 4.11. The maximum atomic E-state index is 12.5. The highest BCUT2D eigenvalue weighted by atomic mass is 16.8. The molecule has 1 aromatic rings. The highest BCUT2D eigenvalue weighted by molar-refractivity contribution is 5.74. The average molecular weight is 363 g/mol. The van der Waals surface area contributed by atoms with Crippen molar-refractivity contribution in [3.8, 4) is 0 Å². The molecule has 1 aliphatic carbocycles. The van der Waals surface area contributed by atoms with Crippen LogP contribution in [0.2, 0.25) is 0 Å². The first-order valence-electron chi connectivity index (χ1n) is 9.42. The Morgan fingerprint density at radius 3 is 2.73 bits per heavy atom. The minimum atomic E-state index is -0.607. The van der Waals surface area contributed by atoms with Crippen LogP contribution in [0.4, 0.5) is 9.59 Å². The molecule has 0 bridgehead atoms. The van der Waals surface area contributed by atoms with Crippen LogP contribution in [0.5, 0.6) is 0 Å². The summed E-state index contributed by atoms with van der Waals surface area (Å²) in [6, 6.07) is 0.320. The van der Waals surface area contributed by atoms with Crippen molar-refractivity contribution in [3.05, 3.63) is 12.2 Å². The van der Waals surface area contributed by atoms with Gasteiger partial charge in [0.2, 0.25) is 0 Å². The predicted molar refractivity (Wildman–Crippen MR) is 90.4 cm³/mol. The summed E-state index contributed by atoms with van der Waals surface area (Å²) in [4.78, 5) is 25.4. The molecule has 3 aliphatic rings. The van der Waals surface area contributed by atoms with Crippen molar-refractivity contribution < 1.29 is 19.1 Å². The van der Waals surface area contributed by atoms with Gasteiger partial charge in [0.1, 0.15) is 12.9 Å². The lowest BCUT2D eigenvalue weighted by Crippen LogP contribution is -2.50. The Hall–Kier alpha value is -2.32. The van der Waals surface area contributed by atoms with Crippen molar-refractivity contribution in [2.45, 2.75) is 63.1 Å². The second-order valence-electron chi connectivity index (χ2n) is 7.42. The average Bonchev–Trinajstić information content (AvgIpc) is 3.28. The quantitative estimate of drug-likeness (QED) is 0.825. The zero-order valence-corrected chi connectivity index (χ0v) is 14.9. The van der Waals surface area contributed by atoms with Gasteiger partial charge in [0.25, 0.3) is 0 Å². The first-order valence-corrected chi connectivity index (χ1v) is 9.42. The van der Waals surface area contributed by atoms with E-state index >= 15 is 0 Å². The van der Waals surface area contributed by atoms with Gasteiger partial charge in [0.15, 0.2) is 11.4 Å². The number of ether oxygens (including phenoxy) is 2. The Morgan fingerprint density at radius 1 is 1.27 bits per heavy atom. The van der Waals surface area contributed by atoms with Gasteiger partial charge >= 0.3 is 12.2 Å². The van der Waals surface area contributed by atoms with Crippen LogP contribution in [0.15, 0.2) is 6.33 Å². The molecule has 1 aromatic heterocycles. The summed E-state index contributed by atoms with van der Waals surface area (Å²) in [6.07, 6.45) is 8.43. The number of cyclic esters (lactones) is 1. The number of amides is 2. The highest BCUT2D eigenvalue weighted by Gasteiger charge is 2.45. The monoisotopic (exact) mass is 363 g/mol. The zero-order chi connectivity index (χ0) is 18.0. The molecule has 9 heteroatoms. The molecular formula is C17H25N5O4. The maximum Gasteiger partial charge on any atom is 0.509 e. The molecule has 142 valence electrons. The molecule has 0 unspecified atom stereocenters. The van der Waals surface area contributed by atoms with E-state index in [9.17, 15) is 9.59 Å². The van der Waals surface area contributed by atoms with E-state index in [4.69, 9.17) is 9.47 Å². The largest absolute Gasteiger partial charge is 0.509 e. The topological polar surface area (TPSA) is 98.6 Å². The molecule has 9 nitrogen and oxygen atoms in total. The van der Waals surface area contributed by atoms with Gasteiger partial charge in [-0.25, -0.2) is 9.59 Å². The first-order chi connectivity index (χ1) is 12.7. The third-order valence-corrected chi connectivity index (χ3v) is 5.73. The molecule has 2 amide bonds. The number of nitrogens with one attached hydrogen (secondary N) is 1. The van der Waals surface area contributed by atoms with E-state index in [-0.39, 0.29) is 12.6 Å². The Morgan fingerprint density at radius 2 is 2.04 bits per heavy atom. The van der Waals surface area contributed by atoms with Crippen LogP contribution in [-0.4, -0.2) is 57.1 Å². The number of nitrogens with zero attached hydrogens (tertiary/aromatic N) is 4. The zero-order valence-electron chi connectivity index (χ0n) is 14.9. The van der Waals surface area contributed by atoms with Gasteiger partial charge in [0.05, 0.1) is 6.54 Å². The van der Waals surface area contributed by atoms with E-state index in [2.05, 4.69) is 20.1 Å². The number of rotatable bonds is 3. The van der Waals surface area contributed by atoms with Gasteiger partial charge < -0.3 is 24.3 Å². The van der Waals surface area contributed by atoms with Crippen LogP contribution in [0.1, 0.15) is 56.8 Å². The summed E-state index contributed by atoms with van der Waals surface area (Å²) in [5, 5.41) is 11.2. The Bertz CT molecular complexity index is 662. The number of aromatic nitrogens is 3. The van der Waals surface area contributed by atoms with Gasteiger partial charge in [-0.15, -0.1) is 10.2 Å². The normalized spacial score (nSPS) is 22.9. The van der Waals surface area contributed by atoms with Gasteiger partial charge in [-0.2, -0.15) is 0 Å². The van der Waals surface area contributed by atoms with Crippen LogP contribution in [0, 0.1) is 0 Å². The van der Waals surface area contributed by atoms with Crippen molar-refractivity contribution in [3.63, 3.8) is 0 Å². The number of carbonyl (C=O) groups is 2. The number of carbonyl (C=O) groups excluding carboxylic acids is 2. The molecule has 4 rings (SSSR count). The van der Waals surface area contributed by atoms with Crippen LogP contribution >= 0.6 is 0 Å². The smallest absolute Gasteiger partial charge is 0.430 e. The van der Waals surface area contributed by atoms with Crippen molar-refractivity contribution in [2.75, 3.05) is 19.7 Å². The van der Waals surface area contributed by atoms with Crippen molar-refractivity contribution in [2.24, 2.45) is 0 Å².